The second kappa shape index (κ2) is 7.73. The van der Waals surface area contributed by atoms with Crippen LogP contribution >= 0.6 is 11.3 Å². The summed E-state index contributed by atoms with van der Waals surface area (Å²) in [6.07, 6.45) is 2.19. The summed E-state index contributed by atoms with van der Waals surface area (Å²) in [5.41, 5.74) is 1.33. The molecule has 3 heterocycles. The van der Waals surface area contributed by atoms with E-state index in [4.69, 9.17) is 4.52 Å². The van der Waals surface area contributed by atoms with Crippen LogP contribution in [0, 0.1) is 18.7 Å². The van der Waals surface area contributed by atoms with Gasteiger partial charge in [0.25, 0.3) is 0 Å². The molecule has 1 fully saturated rings. The predicted octanol–water partition coefficient (Wildman–Crippen LogP) is 3.89. The molecule has 0 radical (unpaired) electrons. The first-order valence-electron chi connectivity index (χ1n) is 9.05. The SMILES string of the molecule is Cc1cc(F)ccc1S(=O)(=O)N1CCC[C@H](Cc2nc(-c3ccsc3)no2)C1. The van der Waals surface area contributed by atoms with Gasteiger partial charge in [0.2, 0.25) is 21.7 Å². The maximum atomic E-state index is 13.4. The fourth-order valence-corrected chi connectivity index (χ4v) is 5.94. The Hall–Kier alpha value is -2.10. The Labute approximate surface area is 167 Å². The molecule has 2 aromatic heterocycles. The molecule has 0 aliphatic carbocycles. The monoisotopic (exact) mass is 421 g/mol. The molecule has 0 bridgehead atoms. The smallest absolute Gasteiger partial charge is 0.243 e. The average molecular weight is 422 g/mol. The largest absolute Gasteiger partial charge is 0.339 e. The molecule has 0 spiro atoms. The molecule has 28 heavy (non-hydrogen) atoms. The van der Waals surface area contributed by atoms with E-state index in [0.29, 0.717) is 36.8 Å². The lowest BCUT2D eigenvalue weighted by atomic mass is 9.96. The normalized spacial score (nSPS) is 18.4. The van der Waals surface area contributed by atoms with E-state index in [1.165, 1.54) is 22.5 Å². The van der Waals surface area contributed by atoms with Crippen LogP contribution in [0.1, 0.15) is 24.3 Å². The highest BCUT2D eigenvalue weighted by Crippen LogP contribution is 2.28. The molecule has 6 nitrogen and oxygen atoms in total. The number of hydrogen-bond donors (Lipinski definition) is 0. The maximum Gasteiger partial charge on any atom is 0.243 e. The number of thiophene rings is 1. The van der Waals surface area contributed by atoms with Crippen LogP contribution < -0.4 is 0 Å². The zero-order valence-corrected chi connectivity index (χ0v) is 17.0. The van der Waals surface area contributed by atoms with Crippen molar-refractivity contribution in [3.8, 4) is 11.4 Å². The van der Waals surface area contributed by atoms with E-state index < -0.39 is 15.8 Å². The molecule has 0 N–H and O–H groups in total. The van der Waals surface area contributed by atoms with Crippen LogP contribution in [0.15, 0.2) is 44.4 Å². The molecule has 1 aromatic carbocycles. The lowest BCUT2D eigenvalue weighted by molar-refractivity contribution is 0.247. The van der Waals surface area contributed by atoms with E-state index >= 15 is 0 Å². The molecule has 0 amide bonds. The van der Waals surface area contributed by atoms with Gasteiger partial charge in [0, 0.05) is 30.5 Å². The van der Waals surface area contributed by atoms with Gasteiger partial charge >= 0.3 is 0 Å². The third-order valence-corrected chi connectivity index (χ3v) is 7.66. The maximum absolute atomic E-state index is 13.4. The van der Waals surface area contributed by atoms with E-state index in [1.54, 1.807) is 18.3 Å². The quantitative estimate of drug-likeness (QED) is 0.625. The molecule has 1 atom stereocenters. The third kappa shape index (κ3) is 3.87. The standard InChI is InChI=1S/C19H20FN3O3S2/c1-13-9-16(20)4-5-17(13)28(24,25)23-7-2-3-14(11-23)10-18-21-19(22-26-18)15-6-8-27-12-15/h4-6,8-9,12,14H,2-3,7,10-11H2,1H3/t14-/m1/s1. The molecule has 1 aliphatic rings. The van der Waals surface area contributed by atoms with Gasteiger partial charge in [0.15, 0.2) is 0 Å². The summed E-state index contributed by atoms with van der Waals surface area (Å²) in [5, 5.41) is 7.92. The van der Waals surface area contributed by atoms with Crippen LogP contribution in [0.25, 0.3) is 11.4 Å². The summed E-state index contributed by atoms with van der Waals surface area (Å²) in [4.78, 5) is 4.59. The van der Waals surface area contributed by atoms with E-state index in [0.717, 1.165) is 18.4 Å². The topological polar surface area (TPSA) is 76.3 Å². The van der Waals surface area contributed by atoms with Crippen molar-refractivity contribution in [3.63, 3.8) is 0 Å². The van der Waals surface area contributed by atoms with Crippen LogP contribution in [0.5, 0.6) is 0 Å². The Bertz CT molecular complexity index is 1060. The molecule has 3 aromatic rings. The van der Waals surface area contributed by atoms with Gasteiger partial charge in [-0.2, -0.15) is 20.6 Å². The number of hydrogen-bond acceptors (Lipinski definition) is 6. The molecule has 0 unspecified atom stereocenters. The van der Waals surface area contributed by atoms with Crippen molar-refractivity contribution in [2.45, 2.75) is 31.1 Å². The molecule has 4 rings (SSSR count). The highest BCUT2D eigenvalue weighted by molar-refractivity contribution is 7.89. The average Bonchev–Trinajstić information content (AvgIpc) is 3.33. The number of nitrogens with zero attached hydrogens (tertiary/aromatic N) is 3. The third-order valence-electron chi connectivity index (χ3n) is 4.95. The summed E-state index contributed by atoms with van der Waals surface area (Å²) >= 11 is 1.56. The van der Waals surface area contributed by atoms with Gasteiger partial charge in [-0.05, 0) is 60.9 Å². The lowest BCUT2D eigenvalue weighted by Gasteiger charge is -2.31. The highest BCUT2D eigenvalue weighted by atomic mass is 32.2. The van der Waals surface area contributed by atoms with E-state index in [2.05, 4.69) is 10.1 Å². The zero-order valence-electron chi connectivity index (χ0n) is 15.3. The minimum Gasteiger partial charge on any atom is -0.339 e. The lowest BCUT2D eigenvalue weighted by Crippen LogP contribution is -2.40. The van der Waals surface area contributed by atoms with Gasteiger partial charge in [-0.3, -0.25) is 0 Å². The molecule has 1 saturated heterocycles. The van der Waals surface area contributed by atoms with E-state index in [1.807, 2.05) is 16.8 Å². The first-order valence-corrected chi connectivity index (χ1v) is 11.4. The molecule has 0 saturated carbocycles. The molecule has 148 valence electrons. The van der Waals surface area contributed by atoms with Crippen LogP contribution in [-0.4, -0.2) is 36.0 Å². The number of sulfonamides is 1. The summed E-state index contributed by atoms with van der Waals surface area (Å²) in [6.45, 7) is 2.46. The van der Waals surface area contributed by atoms with Gasteiger partial charge in [0.1, 0.15) is 5.82 Å². The van der Waals surface area contributed by atoms with E-state index in [9.17, 15) is 12.8 Å². The Kier molecular flexibility index (Phi) is 5.31. The number of rotatable bonds is 5. The van der Waals surface area contributed by atoms with Gasteiger partial charge in [-0.1, -0.05) is 5.16 Å². The first kappa shape index (κ1) is 19.2. The summed E-state index contributed by atoms with van der Waals surface area (Å²) in [7, 11) is -3.66. The van der Waals surface area contributed by atoms with Crippen molar-refractivity contribution in [3.05, 3.63) is 52.3 Å². The molecular weight excluding hydrogens is 401 g/mol. The Morgan fingerprint density at radius 1 is 1.36 bits per heavy atom. The first-order chi connectivity index (χ1) is 13.4. The van der Waals surface area contributed by atoms with Gasteiger partial charge in [-0.15, -0.1) is 0 Å². The van der Waals surface area contributed by atoms with Gasteiger partial charge in [0.05, 0.1) is 4.90 Å². The molecule has 1 aliphatic heterocycles. The van der Waals surface area contributed by atoms with Crippen molar-refractivity contribution in [2.75, 3.05) is 13.1 Å². The number of piperidine rings is 1. The summed E-state index contributed by atoms with van der Waals surface area (Å²) in [5.74, 6) is 0.729. The van der Waals surface area contributed by atoms with Crippen LogP contribution in [0.4, 0.5) is 4.39 Å². The van der Waals surface area contributed by atoms with Crippen LogP contribution in [0.2, 0.25) is 0 Å². The number of aromatic nitrogens is 2. The Balaban J connectivity index is 1.48. The van der Waals surface area contributed by atoms with Crippen molar-refractivity contribution in [2.24, 2.45) is 5.92 Å². The number of halogens is 1. The molecule has 9 heteroatoms. The summed E-state index contributed by atoms with van der Waals surface area (Å²) in [6, 6.07) is 5.71. The van der Waals surface area contributed by atoms with E-state index in [-0.39, 0.29) is 10.8 Å². The van der Waals surface area contributed by atoms with Crippen molar-refractivity contribution in [1.82, 2.24) is 14.4 Å². The van der Waals surface area contributed by atoms with Crippen LogP contribution in [-0.2, 0) is 16.4 Å². The predicted molar refractivity (Wildman–Crippen MR) is 104 cm³/mol. The Morgan fingerprint density at radius 2 is 2.21 bits per heavy atom. The molecular formula is C19H20FN3O3S2. The van der Waals surface area contributed by atoms with Crippen molar-refractivity contribution >= 4 is 21.4 Å². The fraction of sp³-hybridized carbons (Fsp3) is 0.368. The highest BCUT2D eigenvalue weighted by Gasteiger charge is 2.32. The number of aryl methyl sites for hydroxylation is 1. The summed E-state index contributed by atoms with van der Waals surface area (Å²) < 4.78 is 46.3. The van der Waals surface area contributed by atoms with Gasteiger partial charge in [-0.25, -0.2) is 12.8 Å². The zero-order chi connectivity index (χ0) is 19.7. The number of benzene rings is 1. The minimum absolute atomic E-state index is 0.0973. The van der Waals surface area contributed by atoms with Crippen molar-refractivity contribution in [1.29, 1.82) is 0 Å². The second-order valence-electron chi connectivity index (χ2n) is 7.01. The second-order valence-corrected chi connectivity index (χ2v) is 9.70. The van der Waals surface area contributed by atoms with Gasteiger partial charge < -0.3 is 4.52 Å². The minimum atomic E-state index is -3.66. The van der Waals surface area contributed by atoms with Crippen molar-refractivity contribution < 1.29 is 17.3 Å². The van der Waals surface area contributed by atoms with Crippen LogP contribution in [0.3, 0.4) is 0 Å². The fourth-order valence-electron chi connectivity index (χ4n) is 3.55. The Morgan fingerprint density at radius 3 is 2.96 bits per heavy atom.